The molecule has 2 heteroatoms. The molecule has 31 heavy (non-hydrogen) atoms. The fraction of sp³-hybridized carbons (Fsp3) is 0.103. The van der Waals surface area contributed by atoms with Gasteiger partial charge < -0.3 is 0 Å². The van der Waals surface area contributed by atoms with Gasteiger partial charge in [0.05, 0.1) is 0 Å². The van der Waals surface area contributed by atoms with Crippen molar-refractivity contribution in [3.63, 3.8) is 0 Å². The molecule has 1 atom stereocenters. The maximum atomic E-state index is 6.43. The van der Waals surface area contributed by atoms with E-state index in [1.54, 1.807) is 0 Å². The molecule has 0 spiro atoms. The zero-order valence-corrected chi connectivity index (χ0v) is 19.8. The van der Waals surface area contributed by atoms with Gasteiger partial charge in [0.1, 0.15) is 0 Å². The molecule has 1 nitrogen and oxygen atoms in total. The van der Waals surface area contributed by atoms with E-state index in [2.05, 4.69) is 128 Å². The predicted octanol–water partition coefficient (Wildman–Crippen LogP) is 5.10. The molecule has 154 valence electrons. The van der Waals surface area contributed by atoms with Crippen LogP contribution in [0.15, 0.2) is 134 Å². The molecule has 0 saturated heterocycles. The second-order valence-electron chi connectivity index (χ2n) is 7.73. The Morgan fingerprint density at radius 3 is 1.39 bits per heavy atom. The van der Waals surface area contributed by atoms with Crippen LogP contribution in [0.4, 0.5) is 0 Å². The van der Waals surface area contributed by atoms with Crippen LogP contribution in [0.3, 0.4) is 0 Å². The first kappa shape index (κ1) is 21.4. The van der Waals surface area contributed by atoms with Crippen molar-refractivity contribution in [1.29, 1.82) is 0 Å². The van der Waals surface area contributed by atoms with Crippen molar-refractivity contribution in [3.05, 3.63) is 140 Å². The first-order valence-electron chi connectivity index (χ1n) is 10.8. The minimum absolute atomic E-state index is 0.000168. The molecule has 0 amide bonds. The van der Waals surface area contributed by atoms with Gasteiger partial charge >= 0.3 is 189 Å². The summed E-state index contributed by atoms with van der Waals surface area (Å²) in [5, 5.41) is 0.968. The van der Waals surface area contributed by atoms with Crippen molar-refractivity contribution in [2.75, 3.05) is 6.61 Å². The summed E-state index contributed by atoms with van der Waals surface area (Å²) in [5.74, 6) is 0. The minimum atomic E-state index is -3.09. The second-order valence-corrected chi connectivity index (χ2v) is 16.0. The average Bonchev–Trinajstić information content (AvgIpc) is 2.86. The normalized spacial score (nSPS) is 12.3. The summed E-state index contributed by atoms with van der Waals surface area (Å²) in [7, 11) is 0. The quantitative estimate of drug-likeness (QED) is 0.247. The van der Waals surface area contributed by atoms with Crippen molar-refractivity contribution >= 4 is 26.5 Å². The molecule has 4 rings (SSSR count). The summed E-state index contributed by atoms with van der Waals surface area (Å²) in [6.07, 6.45) is 1.85. The van der Waals surface area contributed by atoms with Crippen molar-refractivity contribution in [2.45, 2.75) is 11.4 Å². The van der Waals surface area contributed by atoms with E-state index in [0.29, 0.717) is 6.61 Å². The van der Waals surface area contributed by atoms with E-state index >= 15 is 0 Å². The van der Waals surface area contributed by atoms with E-state index in [4.69, 9.17) is 4.74 Å². The van der Waals surface area contributed by atoms with E-state index in [1.165, 1.54) is 18.8 Å². The fourth-order valence-electron chi connectivity index (χ4n) is 4.42. The number of hydrogen-bond donors (Lipinski definition) is 0. The van der Waals surface area contributed by atoms with Crippen LogP contribution < -0.4 is 13.2 Å². The molecular weight excluding hydrogens is 437 g/mol. The summed E-state index contributed by atoms with van der Waals surface area (Å²) in [6, 6.07) is 43.9. The van der Waals surface area contributed by atoms with Gasteiger partial charge in [-0.05, 0) is 0 Å². The zero-order chi connectivity index (χ0) is 21.4. The Bertz CT molecular complexity index is 966. The van der Waals surface area contributed by atoms with Gasteiger partial charge in [0.25, 0.3) is 0 Å². The van der Waals surface area contributed by atoms with Crippen LogP contribution in [-0.2, 0) is 4.74 Å². The van der Waals surface area contributed by atoms with E-state index in [9.17, 15) is 0 Å². The van der Waals surface area contributed by atoms with Gasteiger partial charge in [-0.1, -0.05) is 0 Å². The van der Waals surface area contributed by atoms with Gasteiger partial charge in [-0.25, -0.2) is 0 Å². The molecule has 0 fully saturated rings. The molecule has 0 aliphatic carbocycles. The maximum absolute atomic E-state index is 6.43. The van der Waals surface area contributed by atoms with Crippen LogP contribution in [-0.4, -0.2) is 19.9 Å². The van der Waals surface area contributed by atoms with E-state index < -0.39 is 13.3 Å². The molecule has 0 N–H and O–H groups in total. The average molecular weight is 465 g/mol. The van der Waals surface area contributed by atoms with Gasteiger partial charge in [-0.3, -0.25) is 0 Å². The van der Waals surface area contributed by atoms with Crippen molar-refractivity contribution in [3.8, 4) is 0 Å². The molecule has 0 bridgehead atoms. The topological polar surface area (TPSA) is 9.23 Å². The van der Waals surface area contributed by atoms with E-state index in [-0.39, 0.29) is 6.10 Å². The van der Waals surface area contributed by atoms with Gasteiger partial charge in [0.2, 0.25) is 0 Å². The Morgan fingerprint density at radius 2 is 1.00 bits per heavy atom. The summed E-state index contributed by atoms with van der Waals surface area (Å²) < 4.78 is 10.8. The second kappa shape index (κ2) is 10.4. The van der Waals surface area contributed by atoms with Gasteiger partial charge in [-0.15, -0.1) is 0 Å². The fourth-order valence-corrected chi connectivity index (χ4v) is 14.7. The number of hydrogen-bond acceptors (Lipinski definition) is 1. The predicted molar refractivity (Wildman–Crippen MR) is 134 cm³/mol. The molecule has 0 heterocycles. The summed E-state index contributed by atoms with van der Waals surface area (Å²) >= 11 is -3.09. The molecule has 4 aromatic rings. The molecule has 0 aliphatic rings. The van der Waals surface area contributed by atoms with Gasteiger partial charge in [-0.2, -0.15) is 0 Å². The van der Waals surface area contributed by atoms with Crippen LogP contribution in [0.1, 0.15) is 11.7 Å². The molecule has 0 aliphatic heterocycles. The van der Waals surface area contributed by atoms with Crippen LogP contribution >= 0.6 is 0 Å². The first-order chi connectivity index (χ1) is 15.3. The van der Waals surface area contributed by atoms with Crippen molar-refractivity contribution < 1.29 is 4.74 Å². The first-order valence-corrected chi connectivity index (χ1v) is 15.4. The molecule has 0 radical (unpaired) electrons. The van der Waals surface area contributed by atoms with Crippen LogP contribution in [0.25, 0.3) is 0 Å². The molecular formula is C29H28GeO. The Hall–Kier alpha value is -2.88. The SMILES string of the molecule is C=CCOC([CH2][Ge]([c]1ccccc1)([c]1ccccc1)[c]1ccccc1)c1ccccc1. The van der Waals surface area contributed by atoms with Gasteiger partial charge in [0, 0.05) is 0 Å². The van der Waals surface area contributed by atoms with E-state index in [0.717, 1.165) is 5.25 Å². The third-order valence-electron chi connectivity index (χ3n) is 5.88. The number of ether oxygens (including phenoxy) is 1. The summed E-state index contributed by atoms with van der Waals surface area (Å²) in [5.41, 5.74) is 1.22. The Morgan fingerprint density at radius 1 is 0.613 bits per heavy atom. The molecule has 4 aromatic carbocycles. The molecule has 1 unspecified atom stereocenters. The zero-order valence-electron chi connectivity index (χ0n) is 17.7. The van der Waals surface area contributed by atoms with Gasteiger partial charge in [0.15, 0.2) is 0 Å². The molecule has 0 aromatic heterocycles. The Balaban J connectivity index is 1.93. The van der Waals surface area contributed by atoms with Crippen LogP contribution in [0, 0.1) is 0 Å². The van der Waals surface area contributed by atoms with Crippen LogP contribution in [0.5, 0.6) is 0 Å². The Labute approximate surface area is 188 Å². The number of rotatable bonds is 9. The van der Waals surface area contributed by atoms with Crippen LogP contribution in [0.2, 0.25) is 5.25 Å². The van der Waals surface area contributed by atoms with E-state index in [1.807, 2.05) is 6.08 Å². The monoisotopic (exact) mass is 466 g/mol. The van der Waals surface area contributed by atoms with Crippen molar-refractivity contribution in [2.24, 2.45) is 0 Å². The Kier molecular flexibility index (Phi) is 7.19. The summed E-state index contributed by atoms with van der Waals surface area (Å²) in [6.45, 7) is 4.43. The third-order valence-corrected chi connectivity index (χ3v) is 16.2. The van der Waals surface area contributed by atoms with Crippen molar-refractivity contribution in [1.82, 2.24) is 0 Å². The molecule has 0 saturated carbocycles. The number of benzene rings is 4. The summed E-state index contributed by atoms with van der Waals surface area (Å²) in [4.78, 5) is 0. The third kappa shape index (κ3) is 4.74. The standard InChI is InChI=1S/C29H28GeO/c1-2-23-31-29(25-15-7-3-8-16-25)24-30(26-17-9-4-10-18-26,27-19-11-5-12-20-27)28-21-13-6-14-22-28/h2-22,29H,1,23-24H2.